The number of anilines is 2. The molecular weight excluding hydrogens is 484 g/mol. The molecule has 1 saturated heterocycles. The first kappa shape index (κ1) is 24.8. The van der Waals surface area contributed by atoms with E-state index in [1.165, 1.54) is 5.56 Å². The zero-order valence-electron chi connectivity index (χ0n) is 21.8. The van der Waals surface area contributed by atoms with E-state index in [1.54, 1.807) is 0 Å². The molecule has 7 nitrogen and oxygen atoms in total. The Labute approximate surface area is 228 Å². The molecule has 1 amide bonds. The van der Waals surface area contributed by atoms with Gasteiger partial charge in [0.15, 0.2) is 11.6 Å². The zero-order valence-corrected chi connectivity index (χ0v) is 21.8. The summed E-state index contributed by atoms with van der Waals surface area (Å²) in [4.78, 5) is 15.6. The van der Waals surface area contributed by atoms with Gasteiger partial charge in [0.25, 0.3) is 0 Å². The molecule has 1 fully saturated rings. The van der Waals surface area contributed by atoms with Crippen molar-refractivity contribution in [3.05, 3.63) is 114 Å². The van der Waals surface area contributed by atoms with E-state index in [0.29, 0.717) is 18.1 Å². The fraction of sp³-hybridized carbons (Fsp3) is 0.219. The maximum absolute atomic E-state index is 13.1. The first-order chi connectivity index (χ1) is 19.2. The minimum Gasteiger partial charge on any atom is -0.353 e. The molecule has 6 rings (SSSR count). The molecule has 7 heteroatoms. The Morgan fingerprint density at radius 3 is 2.28 bits per heavy atom. The van der Waals surface area contributed by atoms with Gasteiger partial charge in [-0.1, -0.05) is 66.7 Å². The Hall–Kier alpha value is -4.49. The number of carbonyl (C=O) groups is 1. The zero-order chi connectivity index (χ0) is 26.4. The molecule has 2 N–H and O–H groups in total. The molecule has 0 atom stereocenters. The number of hydrogen-bond donors (Lipinski definition) is 2. The van der Waals surface area contributed by atoms with E-state index in [2.05, 4.69) is 68.2 Å². The summed E-state index contributed by atoms with van der Waals surface area (Å²) in [5.74, 6) is 1.45. The predicted molar refractivity (Wildman–Crippen MR) is 155 cm³/mol. The normalized spacial score (nSPS) is 14.4. The maximum Gasteiger partial charge on any atom is 0.224 e. The van der Waals surface area contributed by atoms with Gasteiger partial charge in [-0.15, -0.1) is 10.2 Å². The number of likely N-dealkylation sites (tertiary alicyclic amines) is 1. The SMILES string of the molecule is O=C(Cc1cn(-c2ccc(Nc3ccccc3)nn2)c2ccccc12)NC1CCN(Cc2ccccc2)CC1. The molecule has 0 saturated carbocycles. The fourth-order valence-corrected chi connectivity index (χ4v) is 5.30. The summed E-state index contributed by atoms with van der Waals surface area (Å²) in [7, 11) is 0. The highest BCUT2D eigenvalue weighted by Gasteiger charge is 2.22. The van der Waals surface area contributed by atoms with Crippen molar-refractivity contribution in [2.24, 2.45) is 0 Å². The quantitative estimate of drug-likeness (QED) is 0.285. The Kier molecular flexibility index (Phi) is 7.32. The van der Waals surface area contributed by atoms with Crippen LogP contribution in [0.5, 0.6) is 0 Å². The Morgan fingerprint density at radius 1 is 0.821 bits per heavy atom. The maximum atomic E-state index is 13.1. The van der Waals surface area contributed by atoms with E-state index in [9.17, 15) is 4.79 Å². The summed E-state index contributed by atoms with van der Waals surface area (Å²) in [5.41, 5.74) is 4.29. The summed E-state index contributed by atoms with van der Waals surface area (Å²) in [6, 6.07) is 32.7. The lowest BCUT2D eigenvalue weighted by atomic mass is 10.0. The van der Waals surface area contributed by atoms with Crippen molar-refractivity contribution in [1.82, 2.24) is 25.0 Å². The van der Waals surface area contributed by atoms with Crippen molar-refractivity contribution >= 4 is 28.3 Å². The van der Waals surface area contributed by atoms with Crippen LogP contribution in [0, 0.1) is 0 Å². The molecule has 0 unspecified atom stereocenters. The number of hydrogen-bond acceptors (Lipinski definition) is 5. The van der Waals surface area contributed by atoms with Crippen LogP contribution in [0.4, 0.5) is 11.5 Å². The molecule has 1 aliphatic heterocycles. The molecule has 196 valence electrons. The Bertz CT molecular complexity index is 1520. The number of nitrogens with zero attached hydrogens (tertiary/aromatic N) is 4. The Balaban J connectivity index is 1.10. The van der Waals surface area contributed by atoms with Crippen molar-refractivity contribution in [3.63, 3.8) is 0 Å². The van der Waals surface area contributed by atoms with Gasteiger partial charge in [0.05, 0.1) is 11.9 Å². The second kappa shape index (κ2) is 11.5. The van der Waals surface area contributed by atoms with Crippen molar-refractivity contribution < 1.29 is 4.79 Å². The average Bonchev–Trinajstić information content (AvgIpc) is 3.34. The van der Waals surface area contributed by atoms with Gasteiger partial charge in [-0.05, 0) is 54.3 Å². The number of para-hydroxylation sites is 2. The third kappa shape index (κ3) is 5.99. The van der Waals surface area contributed by atoms with Crippen LogP contribution in [0.15, 0.2) is 103 Å². The number of benzene rings is 3. The molecular formula is C32H32N6O. The second-order valence-electron chi connectivity index (χ2n) is 10.1. The lowest BCUT2D eigenvalue weighted by Gasteiger charge is -2.32. The molecule has 39 heavy (non-hydrogen) atoms. The lowest BCUT2D eigenvalue weighted by Crippen LogP contribution is -2.44. The highest BCUT2D eigenvalue weighted by molar-refractivity contribution is 5.90. The molecule has 3 heterocycles. The van der Waals surface area contributed by atoms with E-state index in [1.807, 2.05) is 65.4 Å². The highest BCUT2D eigenvalue weighted by Crippen LogP contribution is 2.25. The number of aromatic nitrogens is 3. The number of nitrogens with one attached hydrogen (secondary N) is 2. The minimum atomic E-state index is 0.0629. The highest BCUT2D eigenvalue weighted by atomic mass is 16.1. The summed E-state index contributed by atoms with van der Waals surface area (Å²) < 4.78 is 2.01. The van der Waals surface area contributed by atoms with Crippen molar-refractivity contribution in [1.29, 1.82) is 0 Å². The van der Waals surface area contributed by atoms with E-state index in [0.717, 1.165) is 54.6 Å². The van der Waals surface area contributed by atoms with Gasteiger partial charge in [0, 0.05) is 42.9 Å². The second-order valence-corrected chi connectivity index (χ2v) is 10.1. The van der Waals surface area contributed by atoms with Crippen molar-refractivity contribution in [2.75, 3.05) is 18.4 Å². The first-order valence-electron chi connectivity index (χ1n) is 13.5. The van der Waals surface area contributed by atoms with Crippen molar-refractivity contribution in [2.45, 2.75) is 31.8 Å². The van der Waals surface area contributed by atoms with Gasteiger partial charge in [0.2, 0.25) is 5.91 Å². The van der Waals surface area contributed by atoms with Crippen LogP contribution in [0.1, 0.15) is 24.0 Å². The number of fused-ring (bicyclic) bond motifs is 1. The Morgan fingerprint density at radius 2 is 1.54 bits per heavy atom. The van der Waals surface area contributed by atoms with E-state index in [-0.39, 0.29) is 11.9 Å². The largest absolute Gasteiger partial charge is 0.353 e. The van der Waals surface area contributed by atoms with E-state index < -0.39 is 0 Å². The first-order valence-corrected chi connectivity index (χ1v) is 13.5. The number of amides is 1. The minimum absolute atomic E-state index is 0.0629. The number of carbonyl (C=O) groups excluding carboxylic acids is 1. The van der Waals surface area contributed by atoms with Crippen molar-refractivity contribution in [3.8, 4) is 5.82 Å². The number of piperidine rings is 1. The van der Waals surface area contributed by atoms with Gasteiger partial charge in [-0.2, -0.15) is 0 Å². The van der Waals surface area contributed by atoms with Crippen LogP contribution in [0.2, 0.25) is 0 Å². The van der Waals surface area contributed by atoms with E-state index in [4.69, 9.17) is 0 Å². The molecule has 3 aromatic carbocycles. The van der Waals surface area contributed by atoms with E-state index >= 15 is 0 Å². The fourth-order valence-electron chi connectivity index (χ4n) is 5.30. The van der Waals surface area contributed by atoms with Crippen LogP contribution in [0.25, 0.3) is 16.7 Å². The average molecular weight is 517 g/mol. The molecule has 5 aromatic rings. The standard InChI is InChI=1S/C32H32N6O/c39-32(34-27-17-19-37(20-18-27)22-24-9-3-1-4-10-24)21-25-23-38(29-14-8-7-13-28(25)29)31-16-15-30(35-36-31)33-26-11-5-2-6-12-26/h1-16,23,27H,17-22H2,(H,33,35)(H,34,39). The molecule has 0 aliphatic carbocycles. The van der Waals surface area contributed by atoms with Gasteiger partial charge >= 0.3 is 0 Å². The summed E-state index contributed by atoms with van der Waals surface area (Å²) >= 11 is 0. The number of rotatable bonds is 8. The summed E-state index contributed by atoms with van der Waals surface area (Å²) in [6.07, 6.45) is 4.29. The van der Waals surface area contributed by atoms with Crippen LogP contribution >= 0.6 is 0 Å². The summed E-state index contributed by atoms with van der Waals surface area (Å²) in [6.45, 7) is 2.95. The summed E-state index contributed by atoms with van der Waals surface area (Å²) in [5, 5.41) is 16.4. The molecule has 0 spiro atoms. The molecule has 0 bridgehead atoms. The third-order valence-corrected chi connectivity index (χ3v) is 7.29. The third-order valence-electron chi connectivity index (χ3n) is 7.29. The molecule has 2 aromatic heterocycles. The van der Waals surface area contributed by atoms with Gasteiger partial charge in [0.1, 0.15) is 0 Å². The smallest absolute Gasteiger partial charge is 0.224 e. The monoisotopic (exact) mass is 516 g/mol. The van der Waals surface area contributed by atoms with Gasteiger partial charge in [-0.25, -0.2) is 0 Å². The van der Waals surface area contributed by atoms with Crippen LogP contribution in [0.3, 0.4) is 0 Å². The predicted octanol–water partition coefficient (Wildman–Crippen LogP) is 5.49. The van der Waals surface area contributed by atoms with Crippen LogP contribution in [-0.2, 0) is 17.8 Å². The van der Waals surface area contributed by atoms with Gasteiger partial charge < -0.3 is 10.6 Å². The van der Waals surface area contributed by atoms with Crippen LogP contribution < -0.4 is 10.6 Å². The molecule has 1 aliphatic rings. The lowest BCUT2D eigenvalue weighted by molar-refractivity contribution is -0.121. The van der Waals surface area contributed by atoms with Gasteiger partial charge in [-0.3, -0.25) is 14.3 Å². The van der Waals surface area contributed by atoms with Crippen LogP contribution in [-0.4, -0.2) is 44.7 Å². The molecule has 0 radical (unpaired) electrons. The topological polar surface area (TPSA) is 75.1 Å².